The number of nitrogens with one attached hydrogen (secondary N) is 2. The van der Waals surface area contributed by atoms with E-state index in [4.69, 9.17) is 10.2 Å². The van der Waals surface area contributed by atoms with Gasteiger partial charge in [-0.25, -0.2) is 0 Å². The van der Waals surface area contributed by atoms with Crippen molar-refractivity contribution in [3.63, 3.8) is 0 Å². The number of aliphatic hydroxyl groups excluding tert-OH is 2. The van der Waals surface area contributed by atoms with Gasteiger partial charge in [0.1, 0.15) is 0 Å². The van der Waals surface area contributed by atoms with Crippen LogP contribution in [0.25, 0.3) is 0 Å². The minimum absolute atomic E-state index is 0.0985. The first-order chi connectivity index (χ1) is 11.7. The first-order valence-corrected chi connectivity index (χ1v) is 9.45. The van der Waals surface area contributed by atoms with Crippen LogP contribution in [0, 0.1) is 0 Å². The molecule has 0 heterocycles. The summed E-state index contributed by atoms with van der Waals surface area (Å²) in [6.45, 7) is 1.84. The molecule has 4 N–H and O–H groups in total. The van der Waals surface area contributed by atoms with Crippen LogP contribution < -0.4 is 10.6 Å². The highest BCUT2D eigenvalue weighted by molar-refractivity contribution is 5.76. The molecule has 0 saturated carbocycles. The highest BCUT2D eigenvalue weighted by Crippen LogP contribution is 2.01. The maximum atomic E-state index is 11.5. The largest absolute Gasteiger partial charge is 0.396 e. The summed E-state index contributed by atoms with van der Waals surface area (Å²) in [5.41, 5.74) is 0. The molecule has 6 nitrogen and oxygen atoms in total. The van der Waals surface area contributed by atoms with E-state index in [2.05, 4.69) is 10.6 Å². The van der Waals surface area contributed by atoms with E-state index in [9.17, 15) is 9.59 Å². The Morgan fingerprint density at radius 1 is 0.542 bits per heavy atom. The number of rotatable bonds is 17. The molecular formula is C18H36N2O4. The lowest BCUT2D eigenvalue weighted by atomic mass is 10.1. The second kappa shape index (κ2) is 18.2. The fourth-order valence-corrected chi connectivity index (χ4v) is 2.38. The highest BCUT2D eigenvalue weighted by Gasteiger charge is 2.01. The molecule has 0 radical (unpaired) electrons. The Morgan fingerprint density at radius 2 is 0.917 bits per heavy atom. The Balaban J connectivity index is 3.24. The first kappa shape index (κ1) is 22.9. The molecule has 0 aliphatic carbocycles. The van der Waals surface area contributed by atoms with Gasteiger partial charge in [-0.1, -0.05) is 25.7 Å². The third kappa shape index (κ3) is 17.2. The minimum atomic E-state index is 0.0985. The van der Waals surface area contributed by atoms with Gasteiger partial charge in [0.2, 0.25) is 11.8 Å². The molecule has 0 aliphatic heterocycles. The van der Waals surface area contributed by atoms with E-state index < -0.39 is 0 Å². The van der Waals surface area contributed by atoms with Crippen LogP contribution in [0.3, 0.4) is 0 Å². The van der Waals surface area contributed by atoms with Gasteiger partial charge in [-0.2, -0.15) is 0 Å². The average molecular weight is 344 g/mol. The summed E-state index contributed by atoms with van der Waals surface area (Å²) in [4.78, 5) is 23.0. The molecule has 0 rings (SSSR count). The van der Waals surface area contributed by atoms with Gasteiger partial charge in [0.15, 0.2) is 0 Å². The summed E-state index contributed by atoms with van der Waals surface area (Å²) in [5, 5.41) is 23.1. The average Bonchev–Trinajstić information content (AvgIpc) is 2.58. The lowest BCUT2D eigenvalue weighted by Crippen LogP contribution is -2.24. The molecule has 2 amide bonds. The third-order valence-electron chi connectivity index (χ3n) is 3.87. The van der Waals surface area contributed by atoms with Gasteiger partial charge < -0.3 is 20.8 Å². The summed E-state index contributed by atoms with van der Waals surface area (Å²) < 4.78 is 0. The lowest BCUT2D eigenvalue weighted by Gasteiger charge is -2.06. The quantitative estimate of drug-likeness (QED) is 0.303. The van der Waals surface area contributed by atoms with Crippen molar-refractivity contribution in [1.82, 2.24) is 10.6 Å². The summed E-state index contributed by atoms with van der Waals surface area (Å²) in [6.07, 6.45) is 10.2. The van der Waals surface area contributed by atoms with E-state index in [-0.39, 0.29) is 25.0 Å². The van der Waals surface area contributed by atoms with Crippen molar-refractivity contribution < 1.29 is 19.8 Å². The fourth-order valence-electron chi connectivity index (χ4n) is 2.38. The number of unbranched alkanes of at least 4 members (excludes halogenated alkanes) is 7. The number of amides is 2. The van der Waals surface area contributed by atoms with E-state index in [1.165, 1.54) is 0 Å². The van der Waals surface area contributed by atoms with E-state index >= 15 is 0 Å². The molecule has 0 aromatic carbocycles. The summed E-state index contributed by atoms with van der Waals surface area (Å²) in [5.74, 6) is 0.197. The maximum Gasteiger partial charge on any atom is 0.219 e. The van der Waals surface area contributed by atoms with Crippen molar-refractivity contribution >= 4 is 11.8 Å². The SMILES string of the molecule is O=C(CCCCCO)NCCCCCCNC(=O)CCCCCO. The zero-order valence-corrected chi connectivity index (χ0v) is 15.0. The van der Waals surface area contributed by atoms with Crippen molar-refractivity contribution in [1.29, 1.82) is 0 Å². The molecule has 0 atom stereocenters. The molecule has 0 fully saturated rings. The molecule has 6 heteroatoms. The van der Waals surface area contributed by atoms with Gasteiger partial charge in [-0.15, -0.1) is 0 Å². The van der Waals surface area contributed by atoms with Gasteiger partial charge in [-0.3, -0.25) is 9.59 Å². The molecule has 0 bridgehead atoms. The normalized spacial score (nSPS) is 10.6. The van der Waals surface area contributed by atoms with E-state index in [1.54, 1.807) is 0 Å². The highest BCUT2D eigenvalue weighted by atomic mass is 16.3. The van der Waals surface area contributed by atoms with E-state index in [0.717, 1.165) is 77.3 Å². The molecule has 0 aromatic rings. The number of hydrogen-bond acceptors (Lipinski definition) is 4. The van der Waals surface area contributed by atoms with Crippen LogP contribution >= 0.6 is 0 Å². The number of hydrogen-bond donors (Lipinski definition) is 4. The second-order valence-electron chi connectivity index (χ2n) is 6.18. The predicted octanol–water partition coefficient (Wildman–Crippen LogP) is 1.88. The summed E-state index contributed by atoms with van der Waals surface area (Å²) in [7, 11) is 0. The van der Waals surface area contributed by atoms with Gasteiger partial charge in [0.25, 0.3) is 0 Å². The molecule has 142 valence electrons. The fraction of sp³-hybridized carbons (Fsp3) is 0.889. The van der Waals surface area contributed by atoms with E-state index in [0.29, 0.717) is 12.8 Å². The summed E-state index contributed by atoms with van der Waals surface area (Å²) >= 11 is 0. The zero-order valence-electron chi connectivity index (χ0n) is 15.0. The van der Waals surface area contributed by atoms with Crippen LogP contribution in [0.4, 0.5) is 0 Å². The van der Waals surface area contributed by atoms with Crippen molar-refractivity contribution in [2.45, 2.75) is 77.0 Å². The molecule has 0 saturated heterocycles. The maximum absolute atomic E-state index is 11.5. The third-order valence-corrected chi connectivity index (χ3v) is 3.87. The van der Waals surface area contributed by atoms with Gasteiger partial charge in [0.05, 0.1) is 0 Å². The van der Waals surface area contributed by atoms with Crippen LogP contribution in [0.2, 0.25) is 0 Å². The molecule has 0 aliphatic rings. The topological polar surface area (TPSA) is 98.7 Å². The molecule has 0 aromatic heterocycles. The Bertz CT molecular complexity index is 281. The number of carbonyl (C=O) groups excluding carboxylic acids is 2. The molecule has 24 heavy (non-hydrogen) atoms. The van der Waals surface area contributed by atoms with Crippen LogP contribution in [0.1, 0.15) is 77.0 Å². The smallest absolute Gasteiger partial charge is 0.219 e. The monoisotopic (exact) mass is 344 g/mol. The van der Waals surface area contributed by atoms with Crippen LogP contribution in [0.5, 0.6) is 0 Å². The predicted molar refractivity (Wildman–Crippen MR) is 95.6 cm³/mol. The van der Waals surface area contributed by atoms with Crippen LogP contribution in [-0.4, -0.2) is 48.3 Å². The standard InChI is InChI=1S/C18H36N2O4/c21-15-9-3-5-11-17(23)19-13-7-1-2-8-14-20-18(24)12-6-4-10-16-22/h21-22H,1-16H2,(H,19,23)(H,20,24). The molecular weight excluding hydrogens is 308 g/mol. The van der Waals surface area contributed by atoms with E-state index in [1.807, 2.05) is 0 Å². The van der Waals surface area contributed by atoms with Crippen molar-refractivity contribution in [2.24, 2.45) is 0 Å². The van der Waals surface area contributed by atoms with Crippen molar-refractivity contribution in [2.75, 3.05) is 26.3 Å². The second-order valence-corrected chi connectivity index (χ2v) is 6.18. The summed E-state index contributed by atoms with van der Waals surface area (Å²) in [6, 6.07) is 0. The Hall–Kier alpha value is -1.14. The van der Waals surface area contributed by atoms with Gasteiger partial charge in [-0.05, 0) is 38.5 Å². The molecule has 0 unspecified atom stereocenters. The van der Waals surface area contributed by atoms with Gasteiger partial charge in [0, 0.05) is 39.1 Å². The molecule has 0 spiro atoms. The minimum Gasteiger partial charge on any atom is -0.396 e. The number of carbonyl (C=O) groups is 2. The zero-order chi connectivity index (χ0) is 17.9. The van der Waals surface area contributed by atoms with Crippen molar-refractivity contribution in [3.8, 4) is 0 Å². The van der Waals surface area contributed by atoms with Gasteiger partial charge >= 0.3 is 0 Å². The van der Waals surface area contributed by atoms with Crippen molar-refractivity contribution in [3.05, 3.63) is 0 Å². The number of aliphatic hydroxyl groups is 2. The first-order valence-electron chi connectivity index (χ1n) is 9.45. The Kier molecular flexibility index (Phi) is 17.3. The Morgan fingerprint density at radius 3 is 1.29 bits per heavy atom. The van der Waals surface area contributed by atoms with Crippen LogP contribution in [0.15, 0.2) is 0 Å². The Labute approximate surface area is 146 Å². The van der Waals surface area contributed by atoms with Crippen LogP contribution in [-0.2, 0) is 9.59 Å². The lowest BCUT2D eigenvalue weighted by molar-refractivity contribution is -0.122.